The summed E-state index contributed by atoms with van der Waals surface area (Å²) in [5.41, 5.74) is 3.08. The Morgan fingerprint density at radius 2 is 1.93 bits per heavy atom. The minimum Gasteiger partial charge on any atom is -0.493 e. The van der Waals surface area contributed by atoms with Crippen LogP contribution in [0.2, 0.25) is 0 Å². The fraction of sp³-hybridized carbons (Fsp3) is 0.227. The van der Waals surface area contributed by atoms with Gasteiger partial charge in [-0.3, -0.25) is 4.98 Å². The second kappa shape index (κ2) is 9.15. The van der Waals surface area contributed by atoms with Gasteiger partial charge in [-0.2, -0.15) is 0 Å². The Balaban J connectivity index is 1.40. The molecule has 2 heterocycles. The van der Waals surface area contributed by atoms with Crippen LogP contribution in [0.25, 0.3) is 0 Å². The lowest BCUT2D eigenvalue weighted by Gasteiger charge is -2.15. The maximum Gasteiger partial charge on any atom is 0.231 e. The van der Waals surface area contributed by atoms with Crippen molar-refractivity contribution in [3.63, 3.8) is 0 Å². The van der Waals surface area contributed by atoms with E-state index in [-0.39, 0.29) is 6.79 Å². The van der Waals surface area contributed by atoms with E-state index in [0.717, 1.165) is 32.8 Å². The first kappa shape index (κ1) is 19.5. The number of hydrogen-bond donors (Lipinski definition) is 1. The Morgan fingerprint density at radius 1 is 1.03 bits per heavy atom. The van der Waals surface area contributed by atoms with Crippen LogP contribution < -0.4 is 24.3 Å². The van der Waals surface area contributed by atoms with Crippen LogP contribution in [0, 0.1) is 0 Å². The normalized spacial score (nSPS) is 12.1. The zero-order valence-corrected chi connectivity index (χ0v) is 17.6. The molecule has 0 spiro atoms. The third-order valence-electron chi connectivity index (χ3n) is 4.47. The summed E-state index contributed by atoms with van der Waals surface area (Å²) >= 11 is 3.61. The number of benzene rings is 2. The highest BCUT2D eigenvalue weighted by Gasteiger charge is 2.15. The molecule has 29 heavy (non-hydrogen) atoms. The van der Waals surface area contributed by atoms with Gasteiger partial charge in [-0.25, -0.2) is 0 Å². The monoisotopic (exact) mass is 456 g/mol. The summed E-state index contributed by atoms with van der Waals surface area (Å²) in [6.07, 6.45) is 1.79. The Bertz CT molecular complexity index is 982. The zero-order valence-electron chi connectivity index (χ0n) is 16.0. The van der Waals surface area contributed by atoms with Crippen LogP contribution in [0.1, 0.15) is 16.8 Å². The van der Waals surface area contributed by atoms with Crippen molar-refractivity contribution in [2.24, 2.45) is 0 Å². The topological polar surface area (TPSA) is 61.8 Å². The fourth-order valence-corrected chi connectivity index (χ4v) is 3.64. The third-order valence-corrected chi connectivity index (χ3v) is 5.06. The number of nitrogens with zero attached hydrogens (tertiary/aromatic N) is 1. The number of aromatic nitrogens is 1. The molecule has 1 aromatic heterocycles. The number of pyridine rings is 1. The lowest BCUT2D eigenvalue weighted by atomic mass is 10.2. The van der Waals surface area contributed by atoms with Crippen molar-refractivity contribution >= 4 is 15.9 Å². The molecule has 0 saturated heterocycles. The number of rotatable bonds is 8. The van der Waals surface area contributed by atoms with Gasteiger partial charge in [0.2, 0.25) is 6.79 Å². The van der Waals surface area contributed by atoms with Crippen molar-refractivity contribution in [2.75, 3.05) is 13.9 Å². The van der Waals surface area contributed by atoms with Crippen LogP contribution in [0.15, 0.2) is 59.2 Å². The quantitative estimate of drug-likeness (QED) is 0.540. The molecule has 1 aliphatic rings. The minimum atomic E-state index is 0.259. The molecule has 0 atom stereocenters. The number of hydrogen-bond acceptors (Lipinski definition) is 6. The van der Waals surface area contributed by atoms with Crippen molar-refractivity contribution < 1.29 is 18.9 Å². The summed E-state index contributed by atoms with van der Waals surface area (Å²) in [6.45, 7) is 2.04. The number of ether oxygens (including phenoxy) is 4. The van der Waals surface area contributed by atoms with Crippen LogP contribution in [0.4, 0.5) is 0 Å². The van der Waals surface area contributed by atoms with E-state index in [9.17, 15) is 0 Å². The van der Waals surface area contributed by atoms with E-state index in [2.05, 4.69) is 26.2 Å². The van der Waals surface area contributed by atoms with Gasteiger partial charge in [0.05, 0.1) is 17.3 Å². The van der Waals surface area contributed by atoms with Crippen LogP contribution >= 0.6 is 15.9 Å². The number of nitrogens with one attached hydrogen (secondary N) is 1. The largest absolute Gasteiger partial charge is 0.493 e. The van der Waals surface area contributed by atoms with Crippen LogP contribution in [0.3, 0.4) is 0 Å². The van der Waals surface area contributed by atoms with Crippen molar-refractivity contribution in [1.82, 2.24) is 10.3 Å². The molecule has 4 rings (SSSR count). The molecule has 0 bridgehead atoms. The average molecular weight is 457 g/mol. The molecule has 3 aromatic rings. The first-order valence-corrected chi connectivity index (χ1v) is 10.0. The molecule has 0 unspecified atom stereocenters. The highest BCUT2D eigenvalue weighted by molar-refractivity contribution is 9.10. The molecule has 0 fully saturated rings. The molecule has 0 radical (unpaired) electrons. The van der Waals surface area contributed by atoms with Crippen molar-refractivity contribution in [3.05, 3.63) is 76.0 Å². The molecule has 150 valence electrons. The number of halogens is 1. The maximum absolute atomic E-state index is 6.03. The molecule has 0 aliphatic carbocycles. The molecular formula is C22H21BrN2O4. The molecule has 1 aliphatic heterocycles. The maximum atomic E-state index is 6.03. The van der Waals surface area contributed by atoms with E-state index in [1.54, 1.807) is 13.3 Å². The van der Waals surface area contributed by atoms with Crippen molar-refractivity contribution in [3.8, 4) is 23.0 Å². The molecule has 6 nitrogen and oxygen atoms in total. The molecule has 0 amide bonds. The molecule has 2 aromatic carbocycles. The van der Waals surface area contributed by atoms with Crippen LogP contribution in [-0.2, 0) is 19.7 Å². The Morgan fingerprint density at radius 3 is 2.76 bits per heavy atom. The Labute approximate surface area is 177 Å². The minimum absolute atomic E-state index is 0.259. The van der Waals surface area contributed by atoms with Gasteiger partial charge in [-0.1, -0.05) is 12.1 Å². The lowest BCUT2D eigenvalue weighted by molar-refractivity contribution is 0.174. The number of methoxy groups -OCH3 is 1. The number of fused-ring (bicyclic) bond motifs is 1. The van der Waals surface area contributed by atoms with E-state index in [1.807, 2.05) is 48.5 Å². The van der Waals surface area contributed by atoms with Crippen LogP contribution in [-0.4, -0.2) is 18.9 Å². The fourth-order valence-electron chi connectivity index (χ4n) is 3.04. The summed E-state index contributed by atoms with van der Waals surface area (Å²) in [6, 6.07) is 15.7. The van der Waals surface area contributed by atoms with Crippen LogP contribution in [0.5, 0.6) is 23.0 Å². The summed E-state index contributed by atoms with van der Waals surface area (Å²) in [7, 11) is 1.64. The lowest BCUT2D eigenvalue weighted by Crippen LogP contribution is -2.13. The van der Waals surface area contributed by atoms with Gasteiger partial charge in [-0.05, 0) is 63.5 Å². The van der Waals surface area contributed by atoms with E-state index in [0.29, 0.717) is 31.2 Å². The molecular weight excluding hydrogens is 436 g/mol. The Hall–Kier alpha value is -2.77. The third kappa shape index (κ3) is 4.81. The molecule has 0 saturated carbocycles. The zero-order chi connectivity index (χ0) is 20.1. The molecule has 1 N–H and O–H groups in total. The van der Waals surface area contributed by atoms with Gasteiger partial charge in [0, 0.05) is 19.3 Å². The summed E-state index contributed by atoms with van der Waals surface area (Å²) in [5.74, 6) is 2.84. The second-order valence-electron chi connectivity index (χ2n) is 6.51. The first-order valence-electron chi connectivity index (χ1n) is 9.21. The van der Waals surface area contributed by atoms with Gasteiger partial charge >= 0.3 is 0 Å². The van der Waals surface area contributed by atoms with Gasteiger partial charge in [0.25, 0.3) is 0 Å². The van der Waals surface area contributed by atoms with Crippen molar-refractivity contribution in [2.45, 2.75) is 19.7 Å². The second-order valence-corrected chi connectivity index (χ2v) is 7.36. The smallest absolute Gasteiger partial charge is 0.231 e. The van der Waals surface area contributed by atoms with Gasteiger partial charge in [0.1, 0.15) is 6.61 Å². The van der Waals surface area contributed by atoms with E-state index in [4.69, 9.17) is 18.9 Å². The van der Waals surface area contributed by atoms with Gasteiger partial charge < -0.3 is 24.3 Å². The molecule has 7 heteroatoms. The SMILES string of the molecule is COc1cc(CNCc2ccccn2)cc(Br)c1OCc1ccc2c(c1)OCO2. The van der Waals surface area contributed by atoms with Gasteiger partial charge in [0.15, 0.2) is 23.0 Å². The predicted molar refractivity (Wildman–Crippen MR) is 112 cm³/mol. The average Bonchev–Trinajstić information content (AvgIpc) is 3.21. The first-order chi connectivity index (χ1) is 14.2. The van der Waals surface area contributed by atoms with E-state index < -0.39 is 0 Å². The highest BCUT2D eigenvalue weighted by atomic mass is 79.9. The predicted octanol–water partition coefficient (Wildman–Crippen LogP) is 4.45. The highest BCUT2D eigenvalue weighted by Crippen LogP contribution is 2.38. The van der Waals surface area contributed by atoms with E-state index in [1.165, 1.54) is 0 Å². The van der Waals surface area contributed by atoms with Crippen molar-refractivity contribution in [1.29, 1.82) is 0 Å². The van der Waals surface area contributed by atoms with Gasteiger partial charge in [-0.15, -0.1) is 0 Å². The summed E-state index contributed by atoms with van der Waals surface area (Å²) < 4.78 is 23.2. The standard InChI is InChI=1S/C22H21BrN2O4/c1-26-21-10-16(11-24-12-17-4-2-3-7-25-17)8-18(23)22(21)27-13-15-5-6-19-20(9-15)29-14-28-19/h2-10,24H,11-14H2,1H3. The summed E-state index contributed by atoms with van der Waals surface area (Å²) in [4.78, 5) is 4.32. The summed E-state index contributed by atoms with van der Waals surface area (Å²) in [5, 5.41) is 3.39. The van der Waals surface area contributed by atoms with E-state index >= 15 is 0 Å². The Kier molecular flexibility index (Phi) is 6.17.